The molecule has 0 fully saturated rings. The average molecular weight is 206 g/mol. The molecule has 84 valence electrons. The van der Waals surface area contributed by atoms with Crippen molar-refractivity contribution in [2.75, 3.05) is 32.9 Å². The minimum atomic E-state index is -1.19. The fourth-order valence-electron chi connectivity index (χ4n) is 0.845. The molecule has 6 nitrogen and oxygen atoms in total. The molecule has 5 N–H and O–H groups in total. The van der Waals surface area contributed by atoms with E-state index in [9.17, 15) is 4.79 Å². The molecule has 14 heavy (non-hydrogen) atoms. The Kier molecular flexibility index (Phi) is 6.39. The Hall–Kier alpha value is -0.690. The van der Waals surface area contributed by atoms with Gasteiger partial charge in [-0.1, -0.05) is 0 Å². The van der Waals surface area contributed by atoms with Crippen LogP contribution in [0.1, 0.15) is 6.92 Å². The molecule has 0 heterocycles. The van der Waals surface area contributed by atoms with E-state index in [1.807, 2.05) is 0 Å². The first-order valence-corrected chi connectivity index (χ1v) is 4.48. The molecule has 0 aromatic heterocycles. The fraction of sp³-hybridized carbons (Fsp3) is 0.875. The maximum atomic E-state index is 11.0. The van der Waals surface area contributed by atoms with Gasteiger partial charge in [0.2, 0.25) is 5.91 Å². The van der Waals surface area contributed by atoms with Gasteiger partial charge in [-0.3, -0.25) is 10.1 Å². The number of hydrogen-bond donors (Lipinski definition) is 5. The molecule has 0 unspecified atom stereocenters. The molecule has 0 rings (SSSR count). The van der Waals surface area contributed by atoms with Gasteiger partial charge in [-0.15, -0.1) is 0 Å². The summed E-state index contributed by atoms with van der Waals surface area (Å²) in [5.41, 5.74) is -1.19. The van der Waals surface area contributed by atoms with Crippen LogP contribution in [0.4, 0.5) is 0 Å². The average Bonchev–Trinajstić information content (AvgIpc) is 2.21. The minimum Gasteiger partial charge on any atom is -0.394 e. The fourth-order valence-corrected chi connectivity index (χ4v) is 0.845. The van der Waals surface area contributed by atoms with E-state index in [0.717, 1.165) is 0 Å². The number of rotatable bonds is 7. The molecule has 0 aliphatic rings. The molecular formula is C8H18N2O4. The molecule has 0 bridgehead atoms. The first-order valence-electron chi connectivity index (χ1n) is 4.48. The van der Waals surface area contributed by atoms with Crippen LogP contribution in [0.15, 0.2) is 0 Å². The van der Waals surface area contributed by atoms with Crippen molar-refractivity contribution in [3.8, 4) is 0 Å². The predicted molar refractivity (Wildman–Crippen MR) is 50.7 cm³/mol. The molecular weight excluding hydrogens is 188 g/mol. The molecule has 0 radical (unpaired) electrons. The zero-order valence-corrected chi connectivity index (χ0v) is 8.29. The van der Waals surface area contributed by atoms with E-state index < -0.39 is 25.4 Å². The van der Waals surface area contributed by atoms with Gasteiger partial charge in [-0.25, -0.2) is 0 Å². The first kappa shape index (κ1) is 13.3. The van der Waals surface area contributed by atoms with E-state index in [1.165, 1.54) is 0 Å². The van der Waals surface area contributed by atoms with E-state index in [-0.39, 0.29) is 12.5 Å². The molecule has 0 aliphatic carbocycles. The van der Waals surface area contributed by atoms with Crippen LogP contribution in [0.3, 0.4) is 0 Å². The van der Waals surface area contributed by atoms with Crippen LogP contribution in [0.25, 0.3) is 0 Å². The summed E-state index contributed by atoms with van der Waals surface area (Å²) in [6.45, 7) is 0.966. The summed E-state index contributed by atoms with van der Waals surface area (Å²) in [5.74, 6) is -0.243. The van der Waals surface area contributed by atoms with E-state index in [0.29, 0.717) is 6.54 Å². The number of nitrogens with one attached hydrogen (secondary N) is 2. The maximum Gasteiger partial charge on any atom is 0.233 e. The Morgan fingerprint density at radius 2 is 1.71 bits per heavy atom. The van der Waals surface area contributed by atoms with Crippen molar-refractivity contribution < 1.29 is 20.1 Å². The second-order valence-electron chi connectivity index (χ2n) is 3.06. The molecule has 6 heteroatoms. The van der Waals surface area contributed by atoms with Gasteiger partial charge in [-0.2, -0.15) is 0 Å². The van der Waals surface area contributed by atoms with E-state index in [4.69, 9.17) is 15.3 Å². The SMILES string of the molecule is CCNC(=O)CNC(CO)(CO)CO. The molecule has 0 saturated heterocycles. The van der Waals surface area contributed by atoms with Crippen LogP contribution in [0.5, 0.6) is 0 Å². The van der Waals surface area contributed by atoms with Crippen molar-refractivity contribution >= 4 is 5.91 Å². The summed E-state index contributed by atoms with van der Waals surface area (Å²) < 4.78 is 0. The zero-order chi connectivity index (χ0) is 11.0. The Morgan fingerprint density at radius 1 is 1.21 bits per heavy atom. The predicted octanol–water partition coefficient (Wildman–Crippen LogP) is -2.57. The molecule has 0 aromatic carbocycles. The second kappa shape index (κ2) is 6.72. The number of carbonyl (C=O) groups is 1. The number of hydrogen-bond acceptors (Lipinski definition) is 5. The van der Waals surface area contributed by atoms with E-state index >= 15 is 0 Å². The molecule has 0 spiro atoms. The van der Waals surface area contributed by atoms with Gasteiger partial charge in [0.25, 0.3) is 0 Å². The van der Waals surface area contributed by atoms with Gasteiger partial charge in [0, 0.05) is 6.54 Å². The minimum absolute atomic E-state index is 0.0461. The van der Waals surface area contributed by atoms with Crippen molar-refractivity contribution in [2.45, 2.75) is 12.5 Å². The maximum absolute atomic E-state index is 11.0. The van der Waals surface area contributed by atoms with Gasteiger partial charge in [-0.05, 0) is 6.92 Å². The van der Waals surface area contributed by atoms with Gasteiger partial charge in [0.15, 0.2) is 0 Å². The number of amides is 1. The lowest BCUT2D eigenvalue weighted by atomic mass is 10.0. The van der Waals surface area contributed by atoms with Crippen LogP contribution in [-0.4, -0.2) is 59.7 Å². The summed E-state index contributed by atoms with van der Waals surface area (Å²) in [6.07, 6.45) is 0. The topological polar surface area (TPSA) is 102 Å². The highest BCUT2D eigenvalue weighted by Gasteiger charge is 2.27. The Bertz CT molecular complexity index is 162. The van der Waals surface area contributed by atoms with Crippen LogP contribution >= 0.6 is 0 Å². The van der Waals surface area contributed by atoms with E-state index in [1.54, 1.807) is 6.92 Å². The van der Waals surface area contributed by atoms with Crippen molar-refractivity contribution in [3.63, 3.8) is 0 Å². The molecule has 0 aromatic rings. The number of carbonyl (C=O) groups excluding carboxylic acids is 1. The van der Waals surface area contributed by atoms with Crippen LogP contribution in [0.2, 0.25) is 0 Å². The monoisotopic (exact) mass is 206 g/mol. The summed E-state index contributed by atoms with van der Waals surface area (Å²) >= 11 is 0. The highest BCUT2D eigenvalue weighted by molar-refractivity contribution is 5.78. The van der Waals surface area contributed by atoms with Crippen LogP contribution < -0.4 is 10.6 Å². The van der Waals surface area contributed by atoms with Crippen molar-refractivity contribution in [3.05, 3.63) is 0 Å². The highest BCUT2D eigenvalue weighted by Crippen LogP contribution is 2.00. The second-order valence-corrected chi connectivity index (χ2v) is 3.06. The smallest absolute Gasteiger partial charge is 0.233 e. The highest BCUT2D eigenvalue weighted by atomic mass is 16.3. The third-order valence-electron chi connectivity index (χ3n) is 1.91. The summed E-state index contributed by atoms with van der Waals surface area (Å²) in [6, 6.07) is 0. The summed E-state index contributed by atoms with van der Waals surface area (Å²) in [7, 11) is 0. The van der Waals surface area contributed by atoms with Gasteiger partial charge in [0.05, 0.1) is 31.9 Å². The Balaban J connectivity index is 3.99. The molecule has 0 aliphatic heterocycles. The van der Waals surface area contributed by atoms with Crippen LogP contribution in [0, 0.1) is 0 Å². The van der Waals surface area contributed by atoms with E-state index in [2.05, 4.69) is 10.6 Å². The standard InChI is InChI=1S/C8H18N2O4/c1-2-9-7(14)3-10-8(4-11,5-12)6-13/h10-13H,2-6H2,1H3,(H,9,14). The lowest BCUT2D eigenvalue weighted by Crippen LogP contribution is -2.57. The number of likely N-dealkylation sites (N-methyl/N-ethyl adjacent to an activating group) is 1. The lowest BCUT2D eigenvalue weighted by molar-refractivity contribution is -0.120. The lowest BCUT2D eigenvalue weighted by Gasteiger charge is -2.28. The third-order valence-corrected chi connectivity index (χ3v) is 1.91. The summed E-state index contributed by atoms with van der Waals surface area (Å²) in [5, 5.41) is 31.9. The largest absolute Gasteiger partial charge is 0.394 e. The Labute approximate surface area is 82.9 Å². The van der Waals surface area contributed by atoms with Crippen LogP contribution in [-0.2, 0) is 4.79 Å². The number of aliphatic hydroxyl groups excluding tert-OH is 3. The van der Waals surface area contributed by atoms with Gasteiger partial charge in [0.1, 0.15) is 0 Å². The van der Waals surface area contributed by atoms with Crippen molar-refractivity contribution in [1.29, 1.82) is 0 Å². The third kappa shape index (κ3) is 4.01. The quantitative estimate of drug-likeness (QED) is 0.315. The molecule has 0 atom stereocenters. The van der Waals surface area contributed by atoms with Crippen molar-refractivity contribution in [2.24, 2.45) is 0 Å². The summed E-state index contributed by atoms with van der Waals surface area (Å²) in [4.78, 5) is 11.0. The normalized spacial score (nSPS) is 11.4. The zero-order valence-electron chi connectivity index (χ0n) is 8.29. The Morgan fingerprint density at radius 3 is 2.07 bits per heavy atom. The number of aliphatic hydroxyl groups is 3. The first-order chi connectivity index (χ1) is 6.64. The van der Waals surface area contributed by atoms with Crippen molar-refractivity contribution in [1.82, 2.24) is 10.6 Å². The van der Waals surface area contributed by atoms with Gasteiger partial charge < -0.3 is 20.6 Å². The molecule has 1 amide bonds. The molecule has 0 saturated carbocycles. The van der Waals surface area contributed by atoms with Gasteiger partial charge >= 0.3 is 0 Å².